The summed E-state index contributed by atoms with van der Waals surface area (Å²) in [7, 11) is 0. The molecule has 0 bridgehead atoms. The van der Waals surface area contributed by atoms with E-state index >= 15 is 0 Å². The van der Waals surface area contributed by atoms with Crippen LogP contribution in [0.4, 0.5) is 0 Å². The second-order valence-corrected chi connectivity index (χ2v) is 3.66. The Kier molecular flexibility index (Phi) is 3.88. The van der Waals surface area contributed by atoms with Gasteiger partial charge in [-0.05, 0) is 25.0 Å². The highest BCUT2D eigenvalue weighted by Crippen LogP contribution is 2.21. The van der Waals surface area contributed by atoms with Crippen molar-refractivity contribution in [1.82, 2.24) is 10.7 Å². The van der Waals surface area contributed by atoms with E-state index in [1.807, 2.05) is 6.08 Å². The molecule has 0 spiro atoms. The van der Waals surface area contributed by atoms with Crippen LogP contribution in [0.15, 0.2) is 23.4 Å². The number of nitrogens with one attached hydrogen (secondary N) is 2. The molecule has 1 atom stereocenters. The molecule has 1 aliphatic carbocycles. The predicted octanol–water partition coefficient (Wildman–Crippen LogP) is -0.0662. The van der Waals surface area contributed by atoms with E-state index in [-0.39, 0.29) is 5.38 Å². The van der Waals surface area contributed by atoms with E-state index in [0.29, 0.717) is 5.70 Å². The monoisotopic (exact) mass is 229 g/mol. The van der Waals surface area contributed by atoms with Gasteiger partial charge in [-0.2, -0.15) is 0 Å². The molecular formula is C9H12ClN3O2. The average Bonchev–Trinajstić information content (AvgIpc) is 2.23. The van der Waals surface area contributed by atoms with Crippen molar-refractivity contribution in [2.24, 2.45) is 5.84 Å². The molecule has 1 rings (SSSR count). The molecule has 0 aromatic rings. The maximum atomic E-state index is 11.2. The van der Waals surface area contributed by atoms with E-state index in [0.717, 1.165) is 12.0 Å². The number of amides is 2. The molecule has 0 saturated carbocycles. The first-order chi connectivity index (χ1) is 7.06. The van der Waals surface area contributed by atoms with Crippen molar-refractivity contribution in [3.8, 4) is 0 Å². The molecule has 0 saturated heterocycles. The number of hydrogen-bond acceptors (Lipinski definition) is 3. The molecule has 0 heterocycles. The third-order valence-corrected chi connectivity index (χ3v) is 2.61. The lowest BCUT2D eigenvalue weighted by Crippen LogP contribution is -2.43. The molecule has 0 aliphatic heterocycles. The second kappa shape index (κ2) is 4.95. The number of hydrazine groups is 1. The lowest BCUT2D eigenvalue weighted by atomic mass is 10.0. The summed E-state index contributed by atoms with van der Waals surface area (Å²) in [5, 5.41) is 2.28. The molecule has 6 heteroatoms. The van der Waals surface area contributed by atoms with Crippen LogP contribution in [0, 0.1) is 0 Å². The third-order valence-electron chi connectivity index (χ3n) is 2.11. The predicted molar refractivity (Wildman–Crippen MR) is 56.6 cm³/mol. The van der Waals surface area contributed by atoms with Crippen LogP contribution >= 0.6 is 11.6 Å². The fraction of sp³-hybridized carbons (Fsp3) is 0.333. The van der Waals surface area contributed by atoms with Gasteiger partial charge in [0.05, 0.1) is 5.38 Å². The van der Waals surface area contributed by atoms with Crippen molar-refractivity contribution in [1.29, 1.82) is 0 Å². The molecule has 1 unspecified atom stereocenters. The van der Waals surface area contributed by atoms with Crippen LogP contribution in [-0.2, 0) is 9.59 Å². The van der Waals surface area contributed by atoms with Crippen molar-refractivity contribution in [2.75, 3.05) is 0 Å². The molecule has 2 amide bonds. The summed E-state index contributed by atoms with van der Waals surface area (Å²) in [4.78, 5) is 22.0. The van der Waals surface area contributed by atoms with E-state index in [4.69, 9.17) is 17.4 Å². The zero-order valence-corrected chi connectivity index (χ0v) is 8.97. The number of allylic oxidation sites excluding steroid dienone is 3. The second-order valence-electron chi connectivity index (χ2n) is 3.13. The molecule has 0 aromatic carbocycles. The maximum absolute atomic E-state index is 11.2. The number of alkyl halides is 1. The van der Waals surface area contributed by atoms with Gasteiger partial charge in [0.1, 0.15) is 0 Å². The standard InChI is InChI=1S/C9H12ClN3O2/c1-5-6(10)3-2-4-7(5)12-8(14)9(15)13-11/h2,4,6H,3,11H2,1H3,(H,12,14)(H,13,15). The minimum Gasteiger partial charge on any atom is -0.318 e. The Bertz CT molecular complexity index is 349. The van der Waals surface area contributed by atoms with Crippen LogP contribution in [0.5, 0.6) is 0 Å². The zero-order valence-electron chi connectivity index (χ0n) is 8.21. The molecular weight excluding hydrogens is 218 g/mol. The van der Waals surface area contributed by atoms with Gasteiger partial charge in [-0.25, -0.2) is 5.84 Å². The summed E-state index contributed by atoms with van der Waals surface area (Å²) in [6.45, 7) is 1.80. The molecule has 4 N–H and O–H groups in total. The lowest BCUT2D eigenvalue weighted by Gasteiger charge is -2.17. The first-order valence-corrected chi connectivity index (χ1v) is 4.83. The fourth-order valence-electron chi connectivity index (χ4n) is 1.17. The summed E-state index contributed by atoms with van der Waals surface area (Å²) in [5.74, 6) is 3.13. The third kappa shape index (κ3) is 2.81. The van der Waals surface area contributed by atoms with Crippen molar-refractivity contribution < 1.29 is 9.59 Å². The van der Waals surface area contributed by atoms with E-state index in [2.05, 4.69) is 5.32 Å². The number of halogens is 1. The van der Waals surface area contributed by atoms with Crippen LogP contribution in [0.25, 0.3) is 0 Å². The Balaban J connectivity index is 2.73. The molecule has 1 aliphatic rings. The lowest BCUT2D eigenvalue weighted by molar-refractivity contribution is -0.138. The highest BCUT2D eigenvalue weighted by molar-refractivity contribution is 6.35. The van der Waals surface area contributed by atoms with Gasteiger partial charge in [-0.3, -0.25) is 15.0 Å². The molecule has 82 valence electrons. The largest absolute Gasteiger partial charge is 0.323 e. The molecule has 0 fully saturated rings. The van der Waals surface area contributed by atoms with Gasteiger partial charge >= 0.3 is 11.8 Å². The number of nitrogens with two attached hydrogens (primary N) is 1. The smallest absolute Gasteiger partial charge is 0.318 e. The SMILES string of the molecule is CC1=C(NC(=O)C(=O)NN)C=CCC1Cl. The van der Waals surface area contributed by atoms with E-state index in [1.54, 1.807) is 18.4 Å². The zero-order chi connectivity index (χ0) is 11.4. The molecule has 5 nitrogen and oxygen atoms in total. The summed E-state index contributed by atoms with van der Waals surface area (Å²) in [6, 6.07) is 0. The van der Waals surface area contributed by atoms with E-state index in [9.17, 15) is 9.59 Å². The van der Waals surface area contributed by atoms with E-state index < -0.39 is 11.8 Å². The Morgan fingerprint density at radius 2 is 2.20 bits per heavy atom. The van der Waals surface area contributed by atoms with Gasteiger partial charge in [0.25, 0.3) is 0 Å². The van der Waals surface area contributed by atoms with E-state index in [1.165, 1.54) is 0 Å². The first kappa shape index (κ1) is 11.7. The maximum Gasteiger partial charge on any atom is 0.323 e. The minimum absolute atomic E-state index is 0.147. The van der Waals surface area contributed by atoms with Crippen molar-refractivity contribution in [3.63, 3.8) is 0 Å². The summed E-state index contributed by atoms with van der Waals surface area (Å²) >= 11 is 5.97. The number of rotatable bonds is 1. The summed E-state index contributed by atoms with van der Waals surface area (Å²) in [5.41, 5.74) is 3.13. The van der Waals surface area contributed by atoms with Crippen LogP contribution < -0.4 is 16.6 Å². The van der Waals surface area contributed by atoms with Crippen LogP contribution in [-0.4, -0.2) is 17.2 Å². The van der Waals surface area contributed by atoms with Gasteiger partial charge in [-0.1, -0.05) is 6.08 Å². The highest BCUT2D eigenvalue weighted by atomic mass is 35.5. The number of carbonyl (C=O) groups is 2. The Morgan fingerprint density at radius 3 is 2.80 bits per heavy atom. The highest BCUT2D eigenvalue weighted by Gasteiger charge is 2.18. The first-order valence-electron chi connectivity index (χ1n) is 4.39. The van der Waals surface area contributed by atoms with Crippen LogP contribution in [0.3, 0.4) is 0 Å². The normalized spacial score (nSPS) is 20.1. The average molecular weight is 230 g/mol. The van der Waals surface area contributed by atoms with Crippen molar-refractivity contribution in [2.45, 2.75) is 18.7 Å². The van der Waals surface area contributed by atoms with Crippen LogP contribution in [0.2, 0.25) is 0 Å². The minimum atomic E-state index is -0.889. The molecule has 15 heavy (non-hydrogen) atoms. The van der Waals surface area contributed by atoms with Gasteiger partial charge < -0.3 is 5.32 Å². The van der Waals surface area contributed by atoms with Gasteiger partial charge in [0, 0.05) is 5.70 Å². The molecule has 0 aromatic heterocycles. The quantitative estimate of drug-likeness (QED) is 0.194. The summed E-state index contributed by atoms with van der Waals surface area (Å²) < 4.78 is 0. The number of hydrogen-bond donors (Lipinski definition) is 3. The Hall–Kier alpha value is -1.33. The van der Waals surface area contributed by atoms with Crippen LogP contribution in [0.1, 0.15) is 13.3 Å². The number of carbonyl (C=O) groups excluding carboxylic acids is 2. The Labute approximate surface area is 92.3 Å². The van der Waals surface area contributed by atoms with Crippen molar-refractivity contribution in [3.05, 3.63) is 23.4 Å². The Morgan fingerprint density at radius 1 is 1.53 bits per heavy atom. The summed E-state index contributed by atoms with van der Waals surface area (Å²) in [6.07, 6.45) is 4.27. The van der Waals surface area contributed by atoms with Gasteiger partial charge in [0.15, 0.2) is 0 Å². The van der Waals surface area contributed by atoms with Gasteiger partial charge in [-0.15, -0.1) is 11.6 Å². The van der Waals surface area contributed by atoms with Gasteiger partial charge in [0.2, 0.25) is 0 Å². The van der Waals surface area contributed by atoms with Crippen molar-refractivity contribution >= 4 is 23.4 Å². The fourth-order valence-corrected chi connectivity index (χ4v) is 1.39. The topological polar surface area (TPSA) is 84.2 Å². The molecule has 0 radical (unpaired) electrons.